The fourth-order valence-electron chi connectivity index (χ4n) is 1.54. The zero-order valence-electron chi connectivity index (χ0n) is 9.66. The molecule has 0 aliphatic rings. The summed E-state index contributed by atoms with van der Waals surface area (Å²) < 4.78 is 0. The van der Waals surface area contributed by atoms with Crippen molar-refractivity contribution in [3.8, 4) is 5.75 Å². The van der Waals surface area contributed by atoms with E-state index in [0.29, 0.717) is 0 Å². The van der Waals surface area contributed by atoms with Gasteiger partial charge in [-0.25, -0.2) is 0 Å². The Balaban J connectivity index is 2.27. The smallest absolute Gasteiger partial charge is 0.269 e. The van der Waals surface area contributed by atoms with E-state index in [4.69, 9.17) is 0 Å². The number of nitrogens with zero attached hydrogens (tertiary/aromatic N) is 1. The van der Waals surface area contributed by atoms with Crippen LogP contribution >= 0.6 is 11.8 Å². The number of aryl methyl sites for hydroxylation is 1. The second kappa shape index (κ2) is 5.10. The van der Waals surface area contributed by atoms with E-state index >= 15 is 0 Å². The second-order valence-electron chi connectivity index (χ2n) is 3.81. The van der Waals surface area contributed by atoms with Gasteiger partial charge in [-0.05, 0) is 36.8 Å². The number of rotatable bonds is 3. The van der Waals surface area contributed by atoms with Crippen LogP contribution in [0.15, 0.2) is 52.3 Å². The lowest BCUT2D eigenvalue weighted by Gasteiger charge is -2.05. The van der Waals surface area contributed by atoms with Gasteiger partial charge < -0.3 is 5.11 Å². The predicted molar refractivity (Wildman–Crippen MR) is 70.1 cm³/mol. The average Bonchev–Trinajstić information content (AvgIpc) is 2.31. The Hall–Kier alpha value is -2.01. The summed E-state index contributed by atoms with van der Waals surface area (Å²) in [6.45, 7) is 1.83. The molecule has 92 valence electrons. The van der Waals surface area contributed by atoms with Crippen molar-refractivity contribution < 1.29 is 10.0 Å². The molecule has 2 aromatic carbocycles. The molecule has 0 saturated heterocycles. The molecule has 0 fully saturated rings. The van der Waals surface area contributed by atoms with Gasteiger partial charge in [0, 0.05) is 21.9 Å². The van der Waals surface area contributed by atoms with Gasteiger partial charge in [0.2, 0.25) is 0 Å². The van der Waals surface area contributed by atoms with Crippen LogP contribution in [0.1, 0.15) is 5.56 Å². The van der Waals surface area contributed by atoms with Crippen LogP contribution in [0.25, 0.3) is 0 Å². The first-order chi connectivity index (χ1) is 8.56. The van der Waals surface area contributed by atoms with Gasteiger partial charge in [-0.1, -0.05) is 17.8 Å². The molecule has 0 atom stereocenters. The van der Waals surface area contributed by atoms with E-state index in [0.717, 1.165) is 15.4 Å². The maximum atomic E-state index is 10.6. The van der Waals surface area contributed by atoms with E-state index < -0.39 is 4.92 Å². The maximum Gasteiger partial charge on any atom is 0.269 e. The number of nitro groups is 1. The van der Waals surface area contributed by atoms with Gasteiger partial charge in [-0.2, -0.15) is 0 Å². The molecule has 0 bridgehead atoms. The standard InChI is InChI=1S/C13H11NO3S/c1-9-7-10(14(16)17)5-6-13(9)18-12-4-2-3-11(15)8-12/h2-8,15H,1H3. The largest absolute Gasteiger partial charge is 0.508 e. The monoisotopic (exact) mass is 261 g/mol. The fraction of sp³-hybridized carbons (Fsp3) is 0.0769. The quantitative estimate of drug-likeness (QED) is 0.675. The number of aromatic hydroxyl groups is 1. The van der Waals surface area contributed by atoms with Crippen molar-refractivity contribution in [3.05, 3.63) is 58.1 Å². The highest BCUT2D eigenvalue weighted by Crippen LogP contribution is 2.33. The van der Waals surface area contributed by atoms with E-state index in [1.54, 1.807) is 30.3 Å². The topological polar surface area (TPSA) is 63.4 Å². The average molecular weight is 261 g/mol. The third-order valence-corrected chi connectivity index (χ3v) is 3.58. The van der Waals surface area contributed by atoms with Crippen molar-refractivity contribution in [1.82, 2.24) is 0 Å². The van der Waals surface area contributed by atoms with Crippen molar-refractivity contribution in [2.45, 2.75) is 16.7 Å². The Bertz CT molecular complexity index is 599. The van der Waals surface area contributed by atoms with E-state index in [-0.39, 0.29) is 11.4 Å². The van der Waals surface area contributed by atoms with Gasteiger partial charge in [-0.15, -0.1) is 0 Å². The van der Waals surface area contributed by atoms with Crippen LogP contribution in [-0.2, 0) is 0 Å². The zero-order chi connectivity index (χ0) is 13.1. The molecule has 0 radical (unpaired) electrons. The first-order valence-corrected chi connectivity index (χ1v) is 6.10. The Kier molecular flexibility index (Phi) is 3.53. The Morgan fingerprint density at radius 1 is 1.22 bits per heavy atom. The summed E-state index contributed by atoms with van der Waals surface area (Å²) in [5.74, 6) is 0.208. The van der Waals surface area contributed by atoms with Crippen molar-refractivity contribution in [2.75, 3.05) is 0 Å². The molecule has 2 rings (SSSR count). The normalized spacial score (nSPS) is 10.3. The Morgan fingerprint density at radius 3 is 2.61 bits per heavy atom. The summed E-state index contributed by atoms with van der Waals surface area (Å²) >= 11 is 1.47. The molecule has 0 unspecified atom stereocenters. The highest BCUT2D eigenvalue weighted by Gasteiger charge is 2.09. The summed E-state index contributed by atoms with van der Waals surface area (Å²) in [5, 5.41) is 20.0. The van der Waals surface area contributed by atoms with Gasteiger partial charge in [-0.3, -0.25) is 10.1 Å². The number of benzene rings is 2. The van der Waals surface area contributed by atoms with Gasteiger partial charge in [0.1, 0.15) is 5.75 Å². The van der Waals surface area contributed by atoms with Gasteiger partial charge in [0.25, 0.3) is 5.69 Å². The molecule has 0 saturated carbocycles. The summed E-state index contributed by atoms with van der Waals surface area (Å²) in [6, 6.07) is 11.7. The predicted octanol–water partition coefficient (Wildman–Crippen LogP) is 3.76. The number of phenolic OH excluding ortho intramolecular Hbond substituents is 1. The fourth-order valence-corrected chi connectivity index (χ4v) is 2.47. The summed E-state index contributed by atoms with van der Waals surface area (Å²) in [5.41, 5.74) is 0.935. The first kappa shape index (κ1) is 12.4. The molecule has 0 spiro atoms. The molecule has 2 aromatic rings. The minimum absolute atomic E-state index is 0.0905. The SMILES string of the molecule is Cc1cc([N+](=O)[O-])ccc1Sc1cccc(O)c1. The van der Waals surface area contributed by atoms with Crippen molar-refractivity contribution in [2.24, 2.45) is 0 Å². The number of hydrogen-bond acceptors (Lipinski definition) is 4. The molecule has 0 amide bonds. The molecule has 18 heavy (non-hydrogen) atoms. The molecule has 0 heterocycles. The number of hydrogen-bond donors (Lipinski definition) is 1. The molecule has 5 heteroatoms. The first-order valence-electron chi connectivity index (χ1n) is 5.28. The van der Waals surface area contributed by atoms with Crippen molar-refractivity contribution in [3.63, 3.8) is 0 Å². The Labute approximate surface area is 108 Å². The van der Waals surface area contributed by atoms with Crippen LogP contribution in [0.4, 0.5) is 5.69 Å². The maximum absolute atomic E-state index is 10.6. The highest BCUT2D eigenvalue weighted by molar-refractivity contribution is 7.99. The summed E-state index contributed by atoms with van der Waals surface area (Å²) in [4.78, 5) is 12.1. The highest BCUT2D eigenvalue weighted by atomic mass is 32.2. The van der Waals surface area contributed by atoms with E-state index in [2.05, 4.69) is 0 Å². The van der Waals surface area contributed by atoms with Crippen LogP contribution in [0, 0.1) is 17.0 Å². The minimum Gasteiger partial charge on any atom is -0.508 e. The van der Waals surface area contributed by atoms with E-state index in [1.165, 1.54) is 17.8 Å². The van der Waals surface area contributed by atoms with Crippen LogP contribution in [0.5, 0.6) is 5.75 Å². The molecule has 4 nitrogen and oxygen atoms in total. The number of non-ortho nitro benzene ring substituents is 1. The van der Waals surface area contributed by atoms with Crippen LogP contribution in [-0.4, -0.2) is 10.0 Å². The second-order valence-corrected chi connectivity index (χ2v) is 4.92. The lowest BCUT2D eigenvalue weighted by molar-refractivity contribution is -0.385. The molecule has 0 aliphatic carbocycles. The van der Waals surface area contributed by atoms with Crippen LogP contribution < -0.4 is 0 Å². The Morgan fingerprint density at radius 2 is 2.00 bits per heavy atom. The lowest BCUT2D eigenvalue weighted by atomic mass is 10.2. The van der Waals surface area contributed by atoms with E-state index in [9.17, 15) is 15.2 Å². The third-order valence-electron chi connectivity index (χ3n) is 2.41. The summed E-state index contributed by atoms with van der Waals surface area (Å²) in [6.07, 6.45) is 0. The molecule has 0 aromatic heterocycles. The molecule has 0 aliphatic heterocycles. The van der Waals surface area contributed by atoms with Crippen molar-refractivity contribution in [1.29, 1.82) is 0 Å². The molecular formula is C13H11NO3S. The number of nitro benzene ring substituents is 1. The van der Waals surface area contributed by atoms with E-state index in [1.807, 2.05) is 13.0 Å². The van der Waals surface area contributed by atoms with Gasteiger partial charge >= 0.3 is 0 Å². The number of phenols is 1. The van der Waals surface area contributed by atoms with Crippen LogP contribution in [0.3, 0.4) is 0 Å². The van der Waals surface area contributed by atoms with Gasteiger partial charge in [0.15, 0.2) is 0 Å². The summed E-state index contributed by atoms with van der Waals surface area (Å²) in [7, 11) is 0. The molecule has 1 N–H and O–H groups in total. The lowest BCUT2D eigenvalue weighted by Crippen LogP contribution is -1.89. The third kappa shape index (κ3) is 2.81. The van der Waals surface area contributed by atoms with Crippen molar-refractivity contribution >= 4 is 17.4 Å². The molecular weight excluding hydrogens is 250 g/mol. The zero-order valence-corrected chi connectivity index (χ0v) is 10.5. The van der Waals surface area contributed by atoms with Crippen LogP contribution in [0.2, 0.25) is 0 Å². The minimum atomic E-state index is -0.407. The van der Waals surface area contributed by atoms with Gasteiger partial charge in [0.05, 0.1) is 4.92 Å².